The van der Waals surface area contributed by atoms with Crippen molar-refractivity contribution in [3.8, 4) is 0 Å². The number of rotatable bonds is 10. The summed E-state index contributed by atoms with van der Waals surface area (Å²) >= 11 is 5.40. The van der Waals surface area contributed by atoms with Gasteiger partial charge in [0.2, 0.25) is 0 Å². The normalized spacial score (nSPS) is 10.7. The lowest BCUT2D eigenvalue weighted by Gasteiger charge is -2.26. The standard InChI is InChI=1S/C13H28N2O2S/c1-5-16-9-7-15(8-10-17-6-2)13(18)14-11-12(3)4/h12H,5-11H2,1-4H3,(H,14,18). The van der Waals surface area contributed by atoms with Crippen molar-refractivity contribution in [2.75, 3.05) is 46.1 Å². The van der Waals surface area contributed by atoms with Crippen molar-refractivity contribution in [2.45, 2.75) is 27.7 Å². The van der Waals surface area contributed by atoms with Crippen LogP contribution in [0.15, 0.2) is 0 Å². The van der Waals surface area contributed by atoms with Crippen LogP contribution in [0.5, 0.6) is 0 Å². The summed E-state index contributed by atoms with van der Waals surface area (Å²) < 4.78 is 10.8. The Labute approximate surface area is 117 Å². The predicted octanol–water partition coefficient (Wildman–Crippen LogP) is 1.89. The van der Waals surface area contributed by atoms with Crippen LogP contribution in [-0.2, 0) is 9.47 Å². The Morgan fingerprint density at radius 2 is 1.61 bits per heavy atom. The van der Waals surface area contributed by atoms with Crippen molar-refractivity contribution >= 4 is 17.3 Å². The summed E-state index contributed by atoms with van der Waals surface area (Å²) in [5.41, 5.74) is 0. The summed E-state index contributed by atoms with van der Waals surface area (Å²) in [6, 6.07) is 0. The molecule has 18 heavy (non-hydrogen) atoms. The van der Waals surface area contributed by atoms with Gasteiger partial charge in [-0.25, -0.2) is 0 Å². The van der Waals surface area contributed by atoms with Gasteiger partial charge in [-0.2, -0.15) is 0 Å². The molecule has 0 heterocycles. The van der Waals surface area contributed by atoms with Gasteiger partial charge in [0.15, 0.2) is 5.11 Å². The van der Waals surface area contributed by atoms with Crippen LogP contribution in [0.3, 0.4) is 0 Å². The van der Waals surface area contributed by atoms with Gasteiger partial charge in [-0.05, 0) is 32.0 Å². The fraction of sp³-hybridized carbons (Fsp3) is 0.923. The first-order valence-electron chi connectivity index (χ1n) is 6.80. The lowest BCUT2D eigenvalue weighted by atomic mass is 10.2. The Morgan fingerprint density at radius 1 is 1.11 bits per heavy atom. The van der Waals surface area contributed by atoms with Gasteiger partial charge in [0.1, 0.15) is 0 Å². The molecular formula is C13H28N2O2S. The van der Waals surface area contributed by atoms with Crippen LogP contribution in [0.4, 0.5) is 0 Å². The first-order chi connectivity index (χ1) is 8.61. The lowest BCUT2D eigenvalue weighted by molar-refractivity contribution is 0.107. The number of nitrogens with one attached hydrogen (secondary N) is 1. The van der Waals surface area contributed by atoms with Crippen molar-refractivity contribution in [1.82, 2.24) is 10.2 Å². The van der Waals surface area contributed by atoms with Gasteiger partial charge in [0.25, 0.3) is 0 Å². The number of hydrogen-bond acceptors (Lipinski definition) is 3. The highest BCUT2D eigenvalue weighted by Crippen LogP contribution is 1.95. The topological polar surface area (TPSA) is 33.7 Å². The molecular weight excluding hydrogens is 248 g/mol. The highest BCUT2D eigenvalue weighted by atomic mass is 32.1. The number of nitrogens with zero attached hydrogens (tertiary/aromatic N) is 1. The molecule has 0 fully saturated rings. The summed E-state index contributed by atoms with van der Waals surface area (Å²) in [4.78, 5) is 2.11. The second-order valence-electron chi connectivity index (χ2n) is 4.46. The molecule has 0 saturated heterocycles. The molecule has 108 valence electrons. The third-order valence-electron chi connectivity index (χ3n) is 2.37. The van der Waals surface area contributed by atoms with E-state index in [2.05, 4.69) is 24.1 Å². The first-order valence-corrected chi connectivity index (χ1v) is 7.20. The Hall–Kier alpha value is -0.390. The molecule has 0 bridgehead atoms. The second kappa shape index (κ2) is 11.7. The Morgan fingerprint density at radius 3 is 2.00 bits per heavy atom. The smallest absolute Gasteiger partial charge is 0.169 e. The van der Waals surface area contributed by atoms with E-state index in [1.807, 2.05) is 13.8 Å². The van der Waals surface area contributed by atoms with Crippen LogP contribution < -0.4 is 5.32 Å². The van der Waals surface area contributed by atoms with Gasteiger partial charge in [0, 0.05) is 32.8 Å². The SMILES string of the molecule is CCOCCN(CCOCC)C(=S)NCC(C)C. The minimum atomic E-state index is 0.587. The molecule has 1 N–H and O–H groups in total. The molecule has 0 amide bonds. The molecule has 0 aliphatic heterocycles. The highest BCUT2D eigenvalue weighted by molar-refractivity contribution is 7.80. The Balaban J connectivity index is 4.03. The van der Waals surface area contributed by atoms with Crippen LogP contribution in [0.2, 0.25) is 0 Å². The van der Waals surface area contributed by atoms with Crippen LogP contribution in [0.25, 0.3) is 0 Å². The van der Waals surface area contributed by atoms with E-state index in [1.54, 1.807) is 0 Å². The molecule has 0 unspecified atom stereocenters. The fourth-order valence-electron chi connectivity index (χ4n) is 1.36. The third-order valence-corrected chi connectivity index (χ3v) is 2.77. The van der Waals surface area contributed by atoms with Gasteiger partial charge >= 0.3 is 0 Å². The molecule has 0 aromatic carbocycles. The lowest BCUT2D eigenvalue weighted by Crippen LogP contribution is -2.44. The Kier molecular flexibility index (Phi) is 11.4. The van der Waals surface area contributed by atoms with E-state index >= 15 is 0 Å². The first kappa shape index (κ1) is 17.6. The molecule has 0 rings (SSSR count). The molecule has 0 radical (unpaired) electrons. The zero-order valence-corrected chi connectivity index (χ0v) is 13.0. The van der Waals surface area contributed by atoms with Crippen molar-refractivity contribution < 1.29 is 9.47 Å². The van der Waals surface area contributed by atoms with Crippen LogP contribution >= 0.6 is 12.2 Å². The van der Waals surface area contributed by atoms with E-state index in [9.17, 15) is 0 Å². The van der Waals surface area contributed by atoms with Gasteiger partial charge in [-0.1, -0.05) is 13.8 Å². The highest BCUT2D eigenvalue weighted by Gasteiger charge is 2.09. The minimum Gasteiger partial charge on any atom is -0.380 e. The van der Waals surface area contributed by atoms with Crippen molar-refractivity contribution in [2.24, 2.45) is 5.92 Å². The van der Waals surface area contributed by atoms with Gasteiger partial charge < -0.3 is 19.7 Å². The number of ether oxygens (including phenoxy) is 2. The third kappa shape index (κ3) is 9.62. The molecule has 0 aliphatic carbocycles. The van der Waals surface area contributed by atoms with Crippen LogP contribution in [0, 0.1) is 5.92 Å². The summed E-state index contributed by atoms with van der Waals surface area (Å²) in [5.74, 6) is 0.587. The Bertz CT molecular complexity index is 203. The molecule has 0 aromatic heterocycles. The largest absolute Gasteiger partial charge is 0.380 e. The number of thiocarbonyl (C=S) groups is 1. The average molecular weight is 276 g/mol. The van der Waals surface area contributed by atoms with E-state index < -0.39 is 0 Å². The minimum absolute atomic E-state index is 0.587. The maximum atomic E-state index is 5.40. The van der Waals surface area contributed by atoms with Crippen molar-refractivity contribution in [1.29, 1.82) is 0 Å². The molecule has 0 aromatic rings. The van der Waals surface area contributed by atoms with Crippen LogP contribution in [0.1, 0.15) is 27.7 Å². The summed E-state index contributed by atoms with van der Waals surface area (Å²) in [5, 5.41) is 4.08. The van der Waals surface area contributed by atoms with E-state index in [-0.39, 0.29) is 0 Å². The van der Waals surface area contributed by atoms with Gasteiger partial charge in [0.05, 0.1) is 13.2 Å². The van der Waals surface area contributed by atoms with Crippen LogP contribution in [-0.4, -0.2) is 56.1 Å². The zero-order chi connectivity index (χ0) is 13.8. The average Bonchev–Trinajstić information content (AvgIpc) is 2.34. The number of hydrogen-bond donors (Lipinski definition) is 1. The summed E-state index contributed by atoms with van der Waals surface area (Å²) in [6.45, 7) is 13.7. The fourth-order valence-corrected chi connectivity index (χ4v) is 1.62. The van der Waals surface area contributed by atoms with E-state index in [1.165, 1.54) is 0 Å². The predicted molar refractivity (Wildman–Crippen MR) is 80.0 cm³/mol. The molecule has 0 atom stereocenters. The van der Waals surface area contributed by atoms with E-state index in [4.69, 9.17) is 21.7 Å². The van der Waals surface area contributed by atoms with Crippen molar-refractivity contribution in [3.05, 3.63) is 0 Å². The van der Waals surface area contributed by atoms with E-state index in [0.29, 0.717) is 19.1 Å². The maximum Gasteiger partial charge on any atom is 0.169 e. The molecule has 0 saturated carbocycles. The van der Waals surface area contributed by atoms with Gasteiger partial charge in [-0.15, -0.1) is 0 Å². The molecule has 5 heteroatoms. The molecule has 0 spiro atoms. The monoisotopic (exact) mass is 276 g/mol. The van der Waals surface area contributed by atoms with Gasteiger partial charge in [-0.3, -0.25) is 0 Å². The van der Waals surface area contributed by atoms with Crippen molar-refractivity contribution in [3.63, 3.8) is 0 Å². The van der Waals surface area contributed by atoms with E-state index in [0.717, 1.165) is 38.0 Å². The zero-order valence-electron chi connectivity index (χ0n) is 12.2. The summed E-state index contributed by atoms with van der Waals surface area (Å²) in [6.07, 6.45) is 0. The molecule has 4 nitrogen and oxygen atoms in total. The summed E-state index contributed by atoms with van der Waals surface area (Å²) in [7, 11) is 0. The molecule has 0 aliphatic rings. The quantitative estimate of drug-likeness (QED) is 0.487. The maximum absolute atomic E-state index is 5.40. The second-order valence-corrected chi connectivity index (χ2v) is 4.85.